The molecule has 2 rings (SSSR count). The second kappa shape index (κ2) is 6.57. The van der Waals surface area contributed by atoms with Crippen molar-refractivity contribution in [1.29, 1.82) is 0 Å². The average molecular weight is 297 g/mol. The van der Waals surface area contributed by atoms with Gasteiger partial charge >= 0.3 is 12.1 Å². The van der Waals surface area contributed by atoms with E-state index < -0.39 is 24.5 Å². The zero-order chi connectivity index (χ0) is 15.4. The van der Waals surface area contributed by atoms with E-state index in [-0.39, 0.29) is 6.10 Å². The van der Waals surface area contributed by atoms with Gasteiger partial charge in [0.2, 0.25) is 6.29 Å². The maximum absolute atomic E-state index is 12.1. The lowest BCUT2D eigenvalue weighted by molar-refractivity contribution is -0.169. The topological polar surface area (TPSA) is 89.5 Å². The minimum absolute atomic E-state index is 0.296. The van der Waals surface area contributed by atoms with Crippen molar-refractivity contribution in [3.63, 3.8) is 0 Å². The Balaban J connectivity index is 1.85. The Morgan fingerprint density at radius 3 is 2.81 bits per heavy atom. The Morgan fingerprint density at radius 1 is 1.33 bits per heavy atom. The van der Waals surface area contributed by atoms with Gasteiger partial charge in [0.1, 0.15) is 6.04 Å². The minimum atomic E-state index is -1.02. The van der Waals surface area contributed by atoms with E-state index in [2.05, 4.69) is 10.3 Å². The fourth-order valence-electron chi connectivity index (χ4n) is 2.00. The standard InChI is InChI=1S/C13H19N3O5/c1-8(2)19-13(18)21-9(3)20-12(17)11-10-6-14-4-5-16(10)7-15-11/h4,6,8-9,11,15H,5,7H2,1-3H3. The highest BCUT2D eigenvalue weighted by Gasteiger charge is 2.35. The monoisotopic (exact) mass is 297 g/mol. The van der Waals surface area contributed by atoms with Crippen LogP contribution in [0.15, 0.2) is 16.9 Å². The van der Waals surface area contributed by atoms with E-state index in [1.807, 2.05) is 4.90 Å². The van der Waals surface area contributed by atoms with Crippen molar-refractivity contribution in [3.8, 4) is 0 Å². The molecule has 0 bridgehead atoms. The molecule has 1 saturated heterocycles. The molecule has 21 heavy (non-hydrogen) atoms. The Kier molecular flexibility index (Phi) is 4.79. The van der Waals surface area contributed by atoms with Gasteiger partial charge in [-0.1, -0.05) is 0 Å². The van der Waals surface area contributed by atoms with E-state index in [1.165, 1.54) is 6.92 Å². The molecule has 0 saturated carbocycles. The van der Waals surface area contributed by atoms with Gasteiger partial charge < -0.3 is 19.1 Å². The molecule has 2 atom stereocenters. The average Bonchev–Trinajstić information content (AvgIpc) is 2.80. The molecule has 116 valence electrons. The molecule has 0 aromatic heterocycles. The van der Waals surface area contributed by atoms with Crippen LogP contribution in [0.25, 0.3) is 0 Å². The van der Waals surface area contributed by atoms with Crippen LogP contribution in [-0.2, 0) is 19.0 Å². The maximum Gasteiger partial charge on any atom is 0.511 e. The molecule has 2 unspecified atom stereocenters. The molecule has 0 radical (unpaired) electrons. The van der Waals surface area contributed by atoms with Gasteiger partial charge in [-0.3, -0.25) is 10.3 Å². The largest absolute Gasteiger partial charge is 0.511 e. The summed E-state index contributed by atoms with van der Waals surface area (Å²) in [6, 6.07) is -0.602. The number of nitrogens with one attached hydrogen (secondary N) is 1. The zero-order valence-corrected chi connectivity index (χ0v) is 12.2. The predicted molar refractivity (Wildman–Crippen MR) is 73.3 cm³/mol. The van der Waals surface area contributed by atoms with E-state index in [9.17, 15) is 9.59 Å². The number of fused-ring (bicyclic) bond motifs is 1. The third-order valence-electron chi connectivity index (χ3n) is 2.87. The second-order valence-electron chi connectivity index (χ2n) is 4.94. The van der Waals surface area contributed by atoms with Gasteiger partial charge in [0.15, 0.2) is 0 Å². The second-order valence-corrected chi connectivity index (χ2v) is 4.94. The fraction of sp³-hybridized carbons (Fsp3) is 0.615. The Morgan fingerprint density at radius 2 is 2.10 bits per heavy atom. The van der Waals surface area contributed by atoms with Crippen LogP contribution in [0, 0.1) is 0 Å². The molecule has 0 aliphatic carbocycles. The summed E-state index contributed by atoms with van der Waals surface area (Å²) in [7, 11) is 0. The van der Waals surface area contributed by atoms with Gasteiger partial charge in [0.25, 0.3) is 0 Å². The van der Waals surface area contributed by atoms with Crippen LogP contribution in [0.2, 0.25) is 0 Å². The van der Waals surface area contributed by atoms with Gasteiger partial charge in [-0.15, -0.1) is 0 Å². The number of carbonyl (C=O) groups excluding carboxylic acids is 2. The van der Waals surface area contributed by atoms with Gasteiger partial charge in [0.05, 0.1) is 25.0 Å². The summed E-state index contributed by atoms with van der Waals surface area (Å²) in [6.45, 7) is 6.05. The summed E-state index contributed by atoms with van der Waals surface area (Å²) in [5, 5.41) is 3.02. The third-order valence-corrected chi connectivity index (χ3v) is 2.87. The first-order chi connectivity index (χ1) is 9.97. The first kappa shape index (κ1) is 15.3. The molecule has 1 N–H and O–H groups in total. The highest BCUT2D eigenvalue weighted by Crippen LogP contribution is 2.19. The number of rotatable bonds is 4. The number of hydrogen-bond acceptors (Lipinski definition) is 8. The van der Waals surface area contributed by atoms with Crippen molar-refractivity contribution in [3.05, 3.63) is 11.9 Å². The molecule has 8 heteroatoms. The van der Waals surface area contributed by atoms with Crippen LogP contribution in [0.4, 0.5) is 4.79 Å². The van der Waals surface area contributed by atoms with E-state index in [1.54, 1.807) is 26.3 Å². The summed E-state index contributed by atoms with van der Waals surface area (Å²) >= 11 is 0. The minimum Gasteiger partial charge on any atom is -0.431 e. The molecule has 0 amide bonds. The quantitative estimate of drug-likeness (QED) is 0.600. The molecular weight excluding hydrogens is 278 g/mol. The molecule has 8 nitrogen and oxygen atoms in total. The van der Waals surface area contributed by atoms with Crippen LogP contribution in [0.3, 0.4) is 0 Å². The zero-order valence-electron chi connectivity index (χ0n) is 12.2. The van der Waals surface area contributed by atoms with Crippen LogP contribution in [0.1, 0.15) is 20.8 Å². The van der Waals surface area contributed by atoms with Crippen LogP contribution < -0.4 is 5.32 Å². The number of ether oxygens (including phenoxy) is 3. The smallest absolute Gasteiger partial charge is 0.431 e. The highest BCUT2D eigenvalue weighted by molar-refractivity contribution is 5.81. The van der Waals surface area contributed by atoms with Gasteiger partial charge in [-0.25, -0.2) is 9.59 Å². The molecule has 0 aromatic rings. The van der Waals surface area contributed by atoms with Crippen molar-refractivity contribution >= 4 is 18.3 Å². The number of esters is 1. The SMILES string of the molecule is CC(C)OC(=O)OC(C)OC(=O)C1NCN2CC=NC=C12. The summed E-state index contributed by atoms with van der Waals surface area (Å²) < 4.78 is 14.7. The van der Waals surface area contributed by atoms with Gasteiger partial charge in [0, 0.05) is 19.3 Å². The Hall–Kier alpha value is -2.09. The summed E-state index contributed by atoms with van der Waals surface area (Å²) in [5.41, 5.74) is 0.749. The summed E-state index contributed by atoms with van der Waals surface area (Å²) in [6.07, 6.45) is 1.19. The predicted octanol–water partition coefficient (Wildman–Crippen LogP) is 0.594. The van der Waals surface area contributed by atoms with Crippen molar-refractivity contribution in [2.75, 3.05) is 13.2 Å². The van der Waals surface area contributed by atoms with E-state index >= 15 is 0 Å². The number of hydrogen-bond donors (Lipinski definition) is 1. The van der Waals surface area contributed by atoms with Crippen LogP contribution >= 0.6 is 0 Å². The molecule has 2 heterocycles. The first-order valence-electron chi connectivity index (χ1n) is 6.75. The van der Waals surface area contributed by atoms with Crippen molar-refractivity contribution < 1.29 is 23.8 Å². The highest BCUT2D eigenvalue weighted by atomic mass is 16.8. The number of aliphatic imine (C=N–C) groups is 1. The summed E-state index contributed by atoms with van der Waals surface area (Å²) in [4.78, 5) is 29.4. The third kappa shape index (κ3) is 3.94. The van der Waals surface area contributed by atoms with Crippen molar-refractivity contribution in [2.24, 2.45) is 4.99 Å². The van der Waals surface area contributed by atoms with Gasteiger partial charge in [-0.2, -0.15) is 0 Å². The lowest BCUT2D eigenvalue weighted by Gasteiger charge is -2.21. The molecule has 0 spiro atoms. The maximum atomic E-state index is 12.1. The van der Waals surface area contributed by atoms with Crippen molar-refractivity contribution in [1.82, 2.24) is 10.2 Å². The molecule has 0 aromatic carbocycles. The fourth-order valence-corrected chi connectivity index (χ4v) is 2.00. The van der Waals surface area contributed by atoms with Crippen molar-refractivity contribution in [2.45, 2.75) is 39.2 Å². The van der Waals surface area contributed by atoms with Crippen LogP contribution in [0.5, 0.6) is 0 Å². The number of carbonyl (C=O) groups is 2. The molecule has 2 aliphatic rings. The first-order valence-corrected chi connectivity index (χ1v) is 6.75. The number of nitrogens with zero attached hydrogens (tertiary/aromatic N) is 2. The molecule has 1 fully saturated rings. The molecular formula is C13H19N3O5. The van der Waals surface area contributed by atoms with Crippen LogP contribution in [-0.4, -0.2) is 54.9 Å². The lowest BCUT2D eigenvalue weighted by Crippen LogP contribution is -2.37. The lowest BCUT2D eigenvalue weighted by atomic mass is 10.2. The normalized spacial score (nSPS) is 21.6. The van der Waals surface area contributed by atoms with Gasteiger partial charge in [-0.05, 0) is 13.8 Å². The van der Waals surface area contributed by atoms with E-state index in [0.29, 0.717) is 13.2 Å². The summed E-state index contributed by atoms with van der Waals surface area (Å²) in [5.74, 6) is -0.523. The van der Waals surface area contributed by atoms with E-state index in [0.717, 1.165) is 5.70 Å². The Labute approximate surface area is 122 Å². The van der Waals surface area contributed by atoms with E-state index in [4.69, 9.17) is 14.2 Å². The molecule has 2 aliphatic heterocycles. The Bertz CT molecular complexity index is 474.